The van der Waals surface area contributed by atoms with Crippen LogP contribution < -0.4 is 25.6 Å². The topological polar surface area (TPSA) is 78.5 Å². The molecule has 0 saturated heterocycles. The Kier molecular flexibility index (Phi) is 6.87. The first-order valence-corrected chi connectivity index (χ1v) is 11.5. The van der Waals surface area contributed by atoms with Crippen LogP contribution in [0.15, 0.2) is 48.5 Å². The van der Waals surface area contributed by atoms with Crippen molar-refractivity contribution < 1.29 is 9.53 Å². The van der Waals surface area contributed by atoms with Gasteiger partial charge in [-0.25, -0.2) is 9.78 Å². The number of anilines is 3. The Morgan fingerprint density at radius 1 is 1.03 bits per heavy atom. The van der Waals surface area contributed by atoms with Crippen LogP contribution in [0, 0.1) is 6.92 Å². The fourth-order valence-corrected chi connectivity index (χ4v) is 4.44. The maximum atomic E-state index is 12.5. The van der Waals surface area contributed by atoms with Gasteiger partial charge >= 0.3 is 6.03 Å². The summed E-state index contributed by atoms with van der Waals surface area (Å²) >= 11 is 0. The summed E-state index contributed by atoms with van der Waals surface area (Å²) < 4.78 is 5.23. The van der Waals surface area contributed by atoms with E-state index in [0.29, 0.717) is 6.04 Å². The third kappa shape index (κ3) is 5.48. The highest BCUT2D eigenvalue weighted by Gasteiger charge is 2.23. The molecular formula is C26H33N5O2. The van der Waals surface area contributed by atoms with Gasteiger partial charge in [0, 0.05) is 49.0 Å². The van der Waals surface area contributed by atoms with Crippen LogP contribution in [0.25, 0.3) is 10.9 Å². The number of amides is 2. The van der Waals surface area contributed by atoms with Gasteiger partial charge in [-0.3, -0.25) is 0 Å². The number of aromatic nitrogens is 1. The number of carbonyl (C=O) groups excluding carboxylic acids is 1. The zero-order chi connectivity index (χ0) is 23.4. The number of nitrogens with zero attached hydrogens (tertiary/aromatic N) is 2. The number of aryl methyl sites for hydroxylation is 1. The molecule has 33 heavy (non-hydrogen) atoms. The second-order valence-corrected chi connectivity index (χ2v) is 8.91. The Morgan fingerprint density at radius 3 is 2.45 bits per heavy atom. The van der Waals surface area contributed by atoms with Gasteiger partial charge in [-0.2, -0.15) is 0 Å². The summed E-state index contributed by atoms with van der Waals surface area (Å²) in [5.74, 6) is 1.68. The maximum Gasteiger partial charge on any atom is 0.319 e. The van der Waals surface area contributed by atoms with Gasteiger partial charge < -0.3 is 25.6 Å². The van der Waals surface area contributed by atoms with Crippen LogP contribution in [0.1, 0.15) is 31.2 Å². The molecule has 2 amide bonds. The van der Waals surface area contributed by atoms with E-state index in [-0.39, 0.29) is 12.1 Å². The van der Waals surface area contributed by atoms with Crippen LogP contribution in [0.3, 0.4) is 0 Å². The molecule has 1 aliphatic carbocycles. The fourth-order valence-electron chi connectivity index (χ4n) is 4.44. The molecule has 174 valence electrons. The minimum atomic E-state index is -0.161. The molecule has 1 fully saturated rings. The second-order valence-electron chi connectivity index (χ2n) is 8.91. The monoisotopic (exact) mass is 447 g/mol. The second kappa shape index (κ2) is 9.98. The number of methoxy groups -OCH3 is 1. The number of fused-ring (bicyclic) bond motifs is 1. The average Bonchev–Trinajstić information content (AvgIpc) is 2.81. The number of hydrogen-bond acceptors (Lipinski definition) is 5. The summed E-state index contributed by atoms with van der Waals surface area (Å²) in [6, 6.07) is 16.3. The molecule has 0 aliphatic heterocycles. The van der Waals surface area contributed by atoms with Gasteiger partial charge in [0.05, 0.1) is 12.6 Å². The minimum absolute atomic E-state index is 0.161. The van der Waals surface area contributed by atoms with Crippen molar-refractivity contribution in [3.63, 3.8) is 0 Å². The van der Waals surface area contributed by atoms with E-state index in [1.165, 1.54) is 0 Å². The Balaban J connectivity index is 1.32. The van der Waals surface area contributed by atoms with Gasteiger partial charge in [0.1, 0.15) is 11.6 Å². The molecule has 0 radical (unpaired) electrons. The highest BCUT2D eigenvalue weighted by Crippen LogP contribution is 2.29. The lowest BCUT2D eigenvalue weighted by molar-refractivity contribution is 0.243. The number of nitrogens with one attached hydrogen (secondary N) is 3. The van der Waals surface area contributed by atoms with E-state index in [1.54, 1.807) is 7.11 Å². The van der Waals surface area contributed by atoms with E-state index in [2.05, 4.69) is 53.1 Å². The molecule has 1 heterocycles. The lowest BCUT2D eigenvalue weighted by Gasteiger charge is -2.30. The first-order valence-electron chi connectivity index (χ1n) is 11.5. The zero-order valence-electron chi connectivity index (χ0n) is 19.8. The number of para-hydroxylation sites is 1. The summed E-state index contributed by atoms with van der Waals surface area (Å²) in [7, 11) is 5.75. The largest absolute Gasteiger partial charge is 0.497 e. The number of benzene rings is 2. The number of ether oxygens (including phenoxy) is 1. The average molecular weight is 448 g/mol. The molecule has 0 spiro atoms. The Bertz CT molecular complexity index is 1120. The molecule has 1 saturated carbocycles. The summed E-state index contributed by atoms with van der Waals surface area (Å²) in [6.07, 6.45) is 3.83. The summed E-state index contributed by atoms with van der Waals surface area (Å²) in [6.45, 7) is 1.96. The van der Waals surface area contributed by atoms with E-state index in [0.717, 1.165) is 65.1 Å². The third-order valence-electron chi connectivity index (χ3n) is 6.27. The van der Waals surface area contributed by atoms with Crippen molar-refractivity contribution in [1.29, 1.82) is 0 Å². The Morgan fingerprint density at radius 2 is 1.76 bits per heavy atom. The molecule has 4 rings (SSSR count). The number of urea groups is 1. The third-order valence-corrected chi connectivity index (χ3v) is 6.27. The highest BCUT2D eigenvalue weighted by atomic mass is 16.5. The zero-order valence-corrected chi connectivity index (χ0v) is 19.8. The van der Waals surface area contributed by atoms with Crippen LogP contribution in [0.5, 0.6) is 5.75 Å². The van der Waals surface area contributed by atoms with Crippen molar-refractivity contribution in [2.75, 3.05) is 36.7 Å². The van der Waals surface area contributed by atoms with Gasteiger partial charge in [0.15, 0.2) is 0 Å². The van der Waals surface area contributed by atoms with Crippen molar-refractivity contribution in [3.05, 3.63) is 54.1 Å². The highest BCUT2D eigenvalue weighted by molar-refractivity contribution is 5.93. The summed E-state index contributed by atoms with van der Waals surface area (Å²) in [4.78, 5) is 19.4. The molecule has 0 bridgehead atoms. The van der Waals surface area contributed by atoms with Crippen LogP contribution in [-0.2, 0) is 0 Å². The van der Waals surface area contributed by atoms with Crippen LogP contribution in [0.4, 0.5) is 22.0 Å². The Labute approximate surface area is 195 Å². The summed E-state index contributed by atoms with van der Waals surface area (Å²) in [5, 5.41) is 10.9. The van der Waals surface area contributed by atoms with Crippen molar-refractivity contribution in [2.24, 2.45) is 0 Å². The molecule has 7 heteroatoms. The van der Waals surface area contributed by atoms with Crippen molar-refractivity contribution in [2.45, 2.75) is 44.7 Å². The standard InChI is InChI=1S/C26H33N5O2/c1-17-15-20(33-4)13-14-22(17)30-26(32)28-19-11-9-18(10-12-19)27-25-16-24(31(2)3)21-7-5-6-8-23(21)29-25/h5-8,13-16,18-19H,9-12H2,1-4H3,(H,27,29)(H2,28,30,32). The van der Waals surface area contributed by atoms with Crippen molar-refractivity contribution in [3.8, 4) is 5.75 Å². The normalized spacial score (nSPS) is 17.9. The number of rotatable bonds is 6. The van der Waals surface area contributed by atoms with Crippen LogP contribution >= 0.6 is 0 Å². The molecule has 1 aromatic heterocycles. The van der Waals surface area contributed by atoms with Gasteiger partial charge in [-0.05, 0) is 62.4 Å². The lowest BCUT2D eigenvalue weighted by Crippen LogP contribution is -2.42. The predicted octanol–water partition coefficient (Wildman–Crippen LogP) is 5.16. The molecular weight excluding hydrogens is 414 g/mol. The van der Waals surface area contributed by atoms with Gasteiger partial charge in [0.2, 0.25) is 0 Å². The SMILES string of the molecule is COc1ccc(NC(=O)NC2CCC(Nc3cc(N(C)C)c4ccccc4n3)CC2)c(C)c1. The minimum Gasteiger partial charge on any atom is -0.497 e. The van der Waals surface area contributed by atoms with E-state index >= 15 is 0 Å². The van der Waals surface area contributed by atoms with E-state index in [9.17, 15) is 4.79 Å². The van der Waals surface area contributed by atoms with E-state index < -0.39 is 0 Å². The molecule has 0 unspecified atom stereocenters. The summed E-state index contributed by atoms with van der Waals surface area (Å²) in [5.41, 5.74) is 3.91. The number of pyridine rings is 1. The van der Waals surface area contributed by atoms with Crippen molar-refractivity contribution in [1.82, 2.24) is 10.3 Å². The Hall–Kier alpha value is -3.48. The molecule has 3 aromatic rings. The van der Waals surface area contributed by atoms with Crippen LogP contribution in [0.2, 0.25) is 0 Å². The number of hydrogen-bond donors (Lipinski definition) is 3. The fraction of sp³-hybridized carbons (Fsp3) is 0.385. The molecule has 7 nitrogen and oxygen atoms in total. The quantitative estimate of drug-likeness (QED) is 0.486. The van der Waals surface area contributed by atoms with Gasteiger partial charge in [0.25, 0.3) is 0 Å². The molecule has 2 aromatic carbocycles. The van der Waals surface area contributed by atoms with E-state index in [4.69, 9.17) is 9.72 Å². The number of carbonyl (C=O) groups is 1. The molecule has 3 N–H and O–H groups in total. The lowest BCUT2D eigenvalue weighted by atomic mass is 9.91. The molecule has 0 atom stereocenters. The smallest absolute Gasteiger partial charge is 0.319 e. The first-order chi connectivity index (χ1) is 15.9. The van der Waals surface area contributed by atoms with Gasteiger partial charge in [-0.1, -0.05) is 18.2 Å². The van der Waals surface area contributed by atoms with Crippen LogP contribution in [-0.4, -0.2) is 44.3 Å². The van der Waals surface area contributed by atoms with Crippen molar-refractivity contribution >= 4 is 34.1 Å². The molecule has 1 aliphatic rings. The predicted molar refractivity (Wildman–Crippen MR) is 136 cm³/mol. The maximum absolute atomic E-state index is 12.5. The van der Waals surface area contributed by atoms with E-state index in [1.807, 2.05) is 37.3 Å². The first kappa shape index (κ1) is 22.7. The van der Waals surface area contributed by atoms with Gasteiger partial charge in [-0.15, -0.1) is 0 Å².